The molecule has 1 aliphatic rings. The van der Waals surface area contributed by atoms with Gasteiger partial charge in [-0.1, -0.05) is 18.2 Å². The normalized spacial score (nSPS) is 13.0. The van der Waals surface area contributed by atoms with Crippen LogP contribution in [0.2, 0.25) is 0 Å². The number of hydrogen-bond donors (Lipinski definition) is 0. The van der Waals surface area contributed by atoms with Gasteiger partial charge < -0.3 is 14.4 Å². The Kier molecular flexibility index (Phi) is 8.76. The summed E-state index contributed by atoms with van der Waals surface area (Å²) in [5, 5.41) is 45.4. The predicted molar refractivity (Wildman–Crippen MR) is 154 cm³/mol. The minimum Gasteiger partial charge on any atom is -0.457 e. The third-order valence-electron chi connectivity index (χ3n) is 6.63. The van der Waals surface area contributed by atoms with E-state index in [-0.39, 0.29) is 23.7 Å². The lowest BCUT2D eigenvalue weighted by atomic mass is 9.96. The van der Waals surface area contributed by atoms with Crippen molar-refractivity contribution < 1.29 is 29.0 Å². The van der Waals surface area contributed by atoms with Crippen LogP contribution in [0.25, 0.3) is 11.1 Å². The molecule has 4 rings (SSSR count). The molecule has 0 aromatic heterocycles. The van der Waals surface area contributed by atoms with Crippen molar-refractivity contribution >= 4 is 39.9 Å². The van der Waals surface area contributed by atoms with Gasteiger partial charge in [-0.3, -0.25) is 30.3 Å². The molecule has 0 aliphatic carbocycles. The number of nitrogens with zero attached hydrogens (tertiary/aromatic N) is 5. The summed E-state index contributed by atoms with van der Waals surface area (Å²) in [4.78, 5) is 46.8. The van der Waals surface area contributed by atoms with Crippen molar-refractivity contribution in [2.45, 2.75) is 13.8 Å². The van der Waals surface area contributed by atoms with Gasteiger partial charge in [0.25, 0.3) is 17.1 Å². The molecule has 0 unspecified atom stereocenters. The number of carbonyl (C=O) groups is 1. The van der Waals surface area contributed by atoms with Crippen molar-refractivity contribution in [3.63, 3.8) is 0 Å². The average molecular weight is 586 g/mol. The third kappa shape index (κ3) is 6.15. The molecule has 0 saturated heterocycles. The fourth-order valence-electron chi connectivity index (χ4n) is 4.55. The maximum absolute atomic E-state index is 12.7. The van der Waals surface area contributed by atoms with Crippen molar-refractivity contribution in [2.24, 2.45) is 0 Å². The first-order valence-electron chi connectivity index (χ1n) is 12.8. The second-order valence-electron chi connectivity index (χ2n) is 9.05. The van der Waals surface area contributed by atoms with Crippen LogP contribution >= 0.6 is 0 Å². The summed E-state index contributed by atoms with van der Waals surface area (Å²) in [6.45, 7) is 4.90. The van der Waals surface area contributed by atoms with Crippen molar-refractivity contribution in [1.82, 2.24) is 0 Å². The monoisotopic (exact) mass is 585 g/mol. The fraction of sp³-hybridized carbons (Fsp3) is 0.172. The van der Waals surface area contributed by atoms with Gasteiger partial charge in [0.05, 0.1) is 32.5 Å². The number of esters is 1. The molecular formula is C29H23N5O9. The van der Waals surface area contributed by atoms with Gasteiger partial charge in [-0.2, -0.15) is 5.26 Å². The summed E-state index contributed by atoms with van der Waals surface area (Å²) in [6.07, 6.45) is 1.30. The average Bonchev–Trinajstić information content (AvgIpc) is 3.00. The Balaban J connectivity index is 1.93. The van der Waals surface area contributed by atoms with Crippen molar-refractivity contribution in [1.29, 1.82) is 5.26 Å². The van der Waals surface area contributed by atoms with Gasteiger partial charge in [-0.15, -0.1) is 0 Å². The molecular weight excluding hydrogens is 562 g/mol. The first-order chi connectivity index (χ1) is 20.6. The molecule has 3 aromatic carbocycles. The first kappa shape index (κ1) is 29.9. The second kappa shape index (κ2) is 12.6. The number of nitriles is 1. The summed E-state index contributed by atoms with van der Waals surface area (Å²) in [5.74, 6) is -0.743. The second-order valence-corrected chi connectivity index (χ2v) is 9.05. The molecule has 218 valence electrons. The fourth-order valence-corrected chi connectivity index (χ4v) is 4.55. The summed E-state index contributed by atoms with van der Waals surface area (Å²) in [5.41, 5.74) is -2.46. The van der Waals surface area contributed by atoms with Crippen molar-refractivity contribution in [3.8, 4) is 11.8 Å². The van der Waals surface area contributed by atoms with Gasteiger partial charge in [0.1, 0.15) is 29.8 Å². The van der Waals surface area contributed by atoms with E-state index in [1.165, 1.54) is 6.08 Å². The zero-order chi connectivity index (χ0) is 31.3. The number of ether oxygens (including phenoxy) is 2. The molecule has 0 saturated carbocycles. The maximum atomic E-state index is 12.7. The number of hydrogen-bond acceptors (Lipinski definition) is 11. The SMILES string of the molecule is CCN(CC)c1ccc2c(c1)O/C(=C(/C#N)c1c([N+](=O)[O-])cc([N+](=O)[O-])cc1[N+](=O)[O-])C=C2COC(=O)c1ccccc1. The Labute approximate surface area is 244 Å². The summed E-state index contributed by atoms with van der Waals surface area (Å²) >= 11 is 0. The van der Waals surface area contributed by atoms with E-state index >= 15 is 0 Å². The Morgan fingerprint density at radius 2 is 1.56 bits per heavy atom. The highest BCUT2D eigenvalue weighted by Crippen LogP contribution is 2.43. The lowest BCUT2D eigenvalue weighted by Crippen LogP contribution is -2.22. The molecule has 1 aliphatic heterocycles. The largest absolute Gasteiger partial charge is 0.457 e. The standard InChI is InChI=1S/C29H23N5O9/c1-3-31(4-2)20-10-11-22-19(17-42-29(35)18-8-6-5-7-9-18)12-26(43-27(22)15-20)23(16-30)28-24(33(38)39)13-21(32(36)37)14-25(28)34(40)41/h5-15H,3-4,17H2,1-2H3/b26-23-. The van der Waals surface area contributed by atoms with Crippen LogP contribution in [0.5, 0.6) is 5.75 Å². The minimum atomic E-state index is -1.05. The van der Waals surface area contributed by atoms with Gasteiger partial charge in [-0.25, -0.2) is 4.79 Å². The molecule has 0 fully saturated rings. The van der Waals surface area contributed by atoms with Crippen molar-refractivity contribution in [3.05, 3.63) is 120 Å². The number of allylic oxidation sites excluding steroid dienone is 2. The predicted octanol–water partition coefficient (Wildman–Crippen LogP) is 5.83. The summed E-state index contributed by atoms with van der Waals surface area (Å²) in [7, 11) is 0. The molecule has 14 heteroatoms. The molecule has 0 amide bonds. The van der Waals surface area contributed by atoms with E-state index < -0.39 is 48.9 Å². The Morgan fingerprint density at radius 3 is 2.09 bits per heavy atom. The van der Waals surface area contributed by atoms with Crippen LogP contribution in [0.4, 0.5) is 22.7 Å². The zero-order valence-corrected chi connectivity index (χ0v) is 22.9. The number of anilines is 1. The Bertz CT molecular complexity index is 1700. The van der Waals surface area contributed by atoms with E-state index in [2.05, 4.69) is 0 Å². The van der Waals surface area contributed by atoms with Crippen LogP contribution in [-0.2, 0) is 4.74 Å². The van der Waals surface area contributed by atoms with Crippen LogP contribution in [0, 0.1) is 41.7 Å². The molecule has 0 radical (unpaired) electrons. The van der Waals surface area contributed by atoms with Crippen LogP contribution in [0.15, 0.2) is 72.5 Å². The van der Waals surface area contributed by atoms with Gasteiger partial charge in [0, 0.05) is 36.0 Å². The number of nitro groups is 3. The van der Waals surface area contributed by atoms with Gasteiger partial charge in [0.2, 0.25) is 0 Å². The zero-order valence-electron chi connectivity index (χ0n) is 22.9. The van der Waals surface area contributed by atoms with Gasteiger partial charge in [0.15, 0.2) is 5.56 Å². The molecule has 0 N–H and O–H groups in total. The number of carbonyl (C=O) groups excluding carboxylic acids is 1. The smallest absolute Gasteiger partial charge is 0.338 e. The van der Waals surface area contributed by atoms with Gasteiger partial charge in [-0.05, 0) is 44.2 Å². The lowest BCUT2D eigenvalue weighted by molar-refractivity contribution is -0.403. The quantitative estimate of drug-likeness (QED) is 0.120. The topological polar surface area (TPSA) is 192 Å². The number of rotatable bonds is 10. The van der Waals surface area contributed by atoms with E-state index in [0.717, 1.165) is 5.69 Å². The molecule has 0 bridgehead atoms. The first-order valence-corrected chi connectivity index (χ1v) is 12.8. The Morgan fingerprint density at radius 1 is 0.930 bits per heavy atom. The Hall–Kier alpha value is -6.10. The molecule has 0 spiro atoms. The van der Waals surface area contributed by atoms with E-state index in [4.69, 9.17) is 9.47 Å². The lowest BCUT2D eigenvalue weighted by Gasteiger charge is -2.26. The van der Waals surface area contributed by atoms with Gasteiger partial charge >= 0.3 is 5.97 Å². The van der Waals surface area contributed by atoms with Crippen LogP contribution in [0.3, 0.4) is 0 Å². The van der Waals surface area contributed by atoms with E-state index in [1.807, 2.05) is 24.8 Å². The molecule has 43 heavy (non-hydrogen) atoms. The highest BCUT2D eigenvalue weighted by molar-refractivity contribution is 5.93. The number of nitro benzene ring substituents is 3. The molecule has 14 nitrogen and oxygen atoms in total. The molecule has 3 aromatic rings. The molecule has 0 atom stereocenters. The highest BCUT2D eigenvalue weighted by atomic mass is 16.6. The van der Waals surface area contributed by atoms with Crippen LogP contribution < -0.4 is 9.64 Å². The van der Waals surface area contributed by atoms with E-state index in [1.54, 1.807) is 48.5 Å². The minimum absolute atomic E-state index is 0.202. The van der Waals surface area contributed by atoms with Crippen LogP contribution in [-0.4, -0.2) is 40.4 Å². The molecule has 1 heterocycles. The van der Waals surface area contributed by atoms with Crippen molar-refractivity contribution in [2.75, 3.05) is 24.6 Å². The number of fused-ring (bicyclic) bond motifs is 1. The van der Waals surface area contributed by atoms with E-state index in [9.17, 15) is 40.4 Å². The highest BCUT2D eigenvalue weighted by Gasteiger charge is 2.35. The maximum Gasteiger partial charge on any atom is 0.338 e. The van der Waals surface area contributed by atoms with Crippen LogP contribution in [0.1, 0.15) is 35.3 Å². The van der Waals surface area contributed by atoms with E-state index in [0.29, 0.717) is 36.4 Å². The summed E-state index contributed by atoms with van der Waals surface area (Å²) in [6, 6.07) is 16.2. The third-order valence-corrected chi connectivity index (χ3v) is 6.63. The number of non-ortho nitro benzene ring substituents is 1. The number of benzene rings is 3. The summed E-state index contributed by atoms with van der Waals surface area (Å²) < 4.78 is 11.5.